The van der Waals surface area contributed by atoms with E-state index in [4.69, 9.17) is 10.00 Å². The highest BCUT2D eigenvalue weighted by atomic mass is 16.5. The van der Waals surface area contributed by atoms with Gasteiger partial charge in [0.25, 0.3) is 0 Å². The molecule has 0 spiro atoms. The summed E-state index contributed by atoms with van der Waals surface area (Å²) in [7, 11) is 0. The van der Waals surface area contributed by atoms with E-state index in [1.54, 1.807) is 24.3 Å². The largest absolute Gasteiger partial charge is 0.439 e. The first-order chi connectivity index (χ1) is 12.1. The number of nitrogens with zero attached hydrogens (tertiary/aromatic N) is 2. The van der Waals surface area contributed by atoms with Crippen LogP contribution in [0.2, 0.25) is 0 Å². The number of nitrogens with one attached hydrogen (secondary N) is 1. The summed E-state index contributed by atoms with van der Waals surface area (Å²) >= 11 is 0. The molecule has 0 aliphatic carbocycles. The molecule has 0 fully saturated rings. The van der Waals surface area contributed by atoms with E-state index in [9.17, 15) is 4.79 Å². The molecule has 5 heteroatoms. The van der Waals surface area contributed by atoms with Crippen LogP contribution < -0.4 is 10.1 Å². The molecule has 1 N–H and O–H groups in total. The van der Waals surface area contributed by atoms with Gasteiger partial charge in [-0.2, -0.15) is 5.26 Å². The number of aromatic nitrogens is 1. The quantitative estimate of drug-likeness (QED) is 0.775. The number of hydrogen-bond donors (Lipinski definition) is 1. The summed E-state index contributed by atoms with van der Waals surface area (Å²) in [6.07, 6.45) is 0.777. The number of rotatable bonds is 5. The average molecular weight is 331 g/mol. The van der Waals surface area contributed by atoms with Gasteiger partial charge in [0.05, 0.1) is 17.1 Å². The van der Waals surface area contributed by atoms with E-state index >= 15 is 0 Å². The molecule has 5 nitrogen and oxygen atoms in total. The highest BCUT2D eigenvalue weighted by molar-refractivity contribution is 5.80. The van der Waals surface area contributed by atoms with E-state index in [0.29, 0.717) is 23.7 Å². The van der Waals surface area contributed by atoms with Crippen LogP contribution in [0.5, 0.6) is 11.6 Å². The van der Waals surface area contributed by atoms with E-state index in [-0.39, 0.29) is 5.91 Å². The molecule has 1 aromatic heterocycles. The topological polar surface area (TPSA) is 75.0 Å². The molecule has 2 aromatic carbocycles. The number of amides is 1. The molecule has 3 rings (SSSR count). The molecular weight excluding hydrogens is 314 g/mol. The Bertz CT molecular complexity index is 943. The number of carbonyl (C=O) groups excluding carboxylic acids is 1. The summed E-state index contributed by atoms with van der Waals surface area (Å²) in [4.78, 5) is 15.4. The molecule has 0 unspecified atom stereocenters. The number of pyridine rings is 1. The van der Waals surface area contributed by atoms with Crippen LogP contribution in [0.25, 0.3) is 10.9 Å². The van der Waals surface area contributed by atoms with Crippen molar-refractivity contribution in [2.75, 3.05) is 6.54 Å². The molecule has 124 valence electrons. The average Bonchev–Trinajstić information content (AvgIpc) is 2.62. The van der Waals surface area contributed by atoms with Gasteiger partial charge in [-0.25, -0.2) is 4.98 Å². The third kappa shape index (κ3) is 4.33. The number of fused-ring (bicyclic) bond motifs is 1. The van der Waals surface area contributed by atoms with E-state index < -0.39 is 0 Å². The molecule has 0 aliphatic rings. The lowest BCUT2D eigenvalue weighted by atomic mass is 10.1. The van der Waals surface area contributed by atoms with Crippen LogP contribution in [0.1, 0.15) is 18.1 Å². The van der Waals surface area contributed by atoms with Crippen LogP contribution in [-0.4, -0.2) is 17.4 Å². The fraction of sp³-hybridized carbons (Fsp3) is 0.150. The third-order valence-corrected chi connectivity index (χ3v) is 3.72. The summed E-state index contributed by atoms with van der Waals surface area (Å²) in [6, 6.07) is 18.8. The van der Waals surface area contributed by atoms with Gasteiger partial charge in [0.2, 0.25) is 11.8 Å². The summed E-state index contributed by atoms with van der Waals surface area (Å²) in [5, 5.41) is 12.6. The highest BCUT2D eigenvalue weighted by Crippen LogP contribution is 2.23. The molecule has 0 atom stereocenters. The Kier molecular flexibility index (Phi) is 4.91. The highest BCUT2D eigenvalue weighted by Gasteiger charge is 2.03. The van der Waals surface area contributed by atoms with Gasteiger partial charge in [-0.15, -0.1) is 0 Å². The Hall–Kier alpha value is -3.39. The van der Waals surface area contributed by atoms with E-state index in [0.717, 1.165) is 22.9 Å². The van der Waals surface area contributed by atoms with Gasteiger partial charge in [-0.3, -0.25) is 4.79 Å². The van der Waals surface area contributed by atoms with E-state index in [1.165, 1.54) is 6.92 Å². The molecule has 0 saturated heterocycles. The molecule has 0 bridgehead atoms. The Morgan fingerprint density at radius 1 is 1.16 bits per heavy atom. The van der Waals surface area contributed by atoms with Gasteiger partial charge in [0.15, 0.2) is 0 Å². The molecule has 0 aliphatic heterocycles. The first-order valence-electron chi connectivity index (χ1n) is 7.96. The second kappa shape index (κ2) is 7.45. The first-order valence-corrected chi connectivity index (χ1v) is 7.96. The predicted molar refractivity (Wildman–Crippen MR) is 95.4 cm³/mol. The maximum Gasteiger partial charge on any atom is 0.219 e. The summed E-state index contributed by atoms with van der Waals surface area (Å²) in [6.45, 7) is 2.13. The van der Waals surface area contributed by atoms with Crippen molar-refractivity contribution in [3.05, 3.63) is 65.7 Å². The monoisotopic (exact) mass is 331 g/mol. The number of benzene rings is 2. The third-order valence-electron chi connectivity index (χ3n) is 3.72. The predicted octanol–water partition coefficient (Wildman–Crippen LogP) is 3.58. The summed E-state index contributed by atoms with van der Waals surface area (Å²) in [5.41, 5.74) is 2.57. The zero-order valence-corrected chi connectivity index (χ0v) is 13.8. The maximum absolute atomic E-state index is 10.9. The van der Waals surface area contributed by atoms with Crippen LogP contribution in [-0.2, 0) is 11.2 Å². The first kappa shape index (κ1) is 16.5. The van der Waals surface area contributed by atoms with Crippen molar-refractivity contribution in [3.8, 4) is 17.7 Å². The number of hydrogen-bond acceptors (Lipinski definition) is 4. The minimum atomic E-state index is -0.0213. The molecule has 0 saturated carbocycles. The van der Waals surface area contributed by atoms with Crippen LogP contribution in [0.3, 0.4) is 0 Å². The van der Waals surface area contributed by atoms with Crippen LogP contribution in [0.15, 0.2) is 54.6 Å². The SMILES string of the molecule is CC(=O)NCCc1ccc2nc(Oc3ccc(C#N)cc3)ccc2c1. The summed E-state index contributed by atoms with van der Waals surface area (Å²) < 4.78 is 5.74. The number of carbonyl (C=O) groups is 1. The summed E-state index contributed by atoms with van der Waals surface area (Å²) in [5.74, 6) is 1.12. The smallest absolute Gasteiger partial charge is 0.219 e. The van der Waals surface area contributed by atoms with Gasteiger partial charge in [0, 0.05) is 24.9 Å². The normalized spacial score (nSPS) is 10.2. The van der Waals surface area contributed by atoms with Gasteiger partial charge in [0.1, 0.15) is 5.75 Å². The Morgan fingerprint density at radius 3 is 2.68 bits per heavy atom. The fourth-order valence-electron chi connectivity index (χ4n) is 2.47. The van der Waals surface area contributed by atoms with Gasteiger partial charge in [-0.1, -0.05) is 6.07 Å². The lowest BCUT2D eigenvalue weighted by molar-refractivity contribution is -0.118. The lowest BCUT2D eigenvalue weighted by Crippen LogP contribution is -2.22. The minimum absolute atomic E-state index is 0.0213. The molecule has 1 heterocycles. The zero-order valence-electron chi connectivity index (χ0n) is 13.8. The molecule has 3 aromatic rings. The Balaban J connectivity index is 1.73. The number of nitriles is 1. The van der Waals surface area contributed by atoms with Gasteiger partial charge < -0.3 is 10.1 Å². The van der Waals surface area contributed by atoms with Crippen molar-refractivity contribution in [2.24, 2.45) is 0 Å². The van der Waals surface area contributed by atoms with Crippen LogP contribution in [0, 0.1) is 11.3 Å². The molecule has 0 radical (unpaired) electrons. The van der Waals surface area contributed by atoms with Gasteiger partial charge >= 0.3 is 0 Å². The van der Waals surface area contributed by atoms with Crippen LogP contribution in [0.4, 0.5) is 0 Å². The second-order valence-electron chi connectivity index (χ2n) is 5.65. The van der Waals surface area contributed by atoms with Crippen molar-refractivity contribution in [2.45, 2.75) is 13.3 Å². The standard InChI is InChI=1S/C20H17N3O2/c1-14(24)22-11-10-15-4-8-19-17(12-15)5-9-20(23-19)25-18-6-2-16(13-21)3-7-18/h2-9,12H,10-11H2,1H3,(H,22,24). The Morgan fingerprint density at radius 2 is 1.96 bits per heavy atom. The fourth-order valence-corrected chi connectivity index (χ4v) is 2.47. The van der Waals surface area contributed by atoms with Crippen LogP contribution >= 0.6 is 0 Å². The zero-order chi connectivity index (χ0) is 17.6. The van der Waals surface area contributed by atoms with E-state index in [2.05, 4.69) is 22.4 Å². The Labute approximate surface area is 145 Å². The van der Waals surface area contributed by atoms with Gasteiger partial charge in [-0.05, 0) is 54.4 Å². The van der Waals surface area contributed by atoms with Crippen molar-refractivity contribution in [1.82, 2.24) is 10.3 Å². The van der Waals surface area contributed by atoms with Crippen molar-refractivity contribution < 1.29 is 9.53 Å². The van der Waals surface area contributed by atoms with Crippen molar-refractivity contribution in [3.63, 3.8) is 0 Å². The lowest BCUT2D eigenvalue weighted by Gasteiger charge is -2.07. The van der Waals surface area contributed by atoms with E-state index in [1.807, 2.05) is 24.3 Å². The molecule has 25 heavy (non-hydrogen) atoms. The van der Waals surface area contributed by atoms with Crippen molar-refractivity contribution >= 4 is 16.8 Å². The van der Waals surface area contributed by atoms with Crippen molar-refractivity contribution in [1.29, 1.82) is 5.26 Å². The maximum atomic E-state index is 10.9. The molecule has 1 amide bonds. The number of ether oxygens (including phenoxy) is 1. The second-order valence-corrected chi connectivity index (χ2v) is 5.65. The minimum Gasteiger partial charge on any atom is -0.439 e. The molecular formula is C20H17N3O2.